The predicted octanol–water partition coefficient (Wildman–Crippen LogP) is 1.36. The summed E-state index contributed by atoms with van der Waals surface area (Å²) in [5, 5.41) is 1.65. The molecule has 0 saturated carbocycles. The Bertz CT molecular complexity index is 288. The summed E-state index contributed by atoms with van der Waals surface area (Å²) in [6.45, 7) is 4.51. The summed E-state index contributed by atoms with van der Waals surface area (Å²) in [7, 11) is 1.83. The van der Waals surface area contributed by atoms with Crippen molar-refractivity contribution in [2.45, 2.75) is 13.8 Å². The summed E-state index contributed by atoms with van der Waals surface area (Å²) < 4.78 is 0. The van der Waals surface area contributed by atoms with Crippen LogP contribution in [0.3, 0.4) is 0 Å². The van der Waals surface area contributed by atoms with Crippen molar-refractivity contribution in [1.29, 1.82) is 0 Å². The number of aromatic nitrogens is 1. The van der Waals surface area contributed by atoms with Gasteiger partial charge in [0, 0.05) is 7.05 Å². The predicted molar refractivity (Wildman–Crippen MR) is 53.4 cm³/mol. The van der Waals surface area contributed by atoms with Gasteiger partial charge in [0.25, 0.3) is 0 Å². The molecular weight excluding hydrogens is 166 g/mol. The molecule has 2 N–H and O–H groups in total. The van der Waals surface area contributed by atoms with Gasteiger partial charge in [0.05, 0.1) is 18.5 Å². The Balaban J connectivity index is 2.88. The zero-order chi connectivity index (χ0) is 9.84. The van der Waals surface area contributed by atoms with Crippen LogP contribution in [0.1, 0.15) is 12.5 Å². The van der Waals surface area contributed by atoms with E-state index in [4.69, 9.17) is 10.6 Å². The van der Waals surface area contributed by atoms with E-state index in [1.807, 2.05) is 27.0 Å². The number of pyridine rings is 1. The van der Waals surface area contributed by atoms with Crippen molar-refractivity contribution in [3.8, 4) is 0 Å². The Morgan fingerprint density at radius 3 is 2.85 bits per heavy atom. The largest absolute Gasteiger partial charge is 0.397 e. The van der Waals surface area contributed by atoms with Crippen LogP contribution >= 0.6 is 0 Å². The SMILES string of the molecule is CCON(C)c1ncc(N)cc1C. The molecule has 0 fully saturated rings. The Morgan fingerprint density at radius 1 is 1.62 bits per heavy atom. The molecule has 0 aromatic carbocycles. The zero-order valence-electron chi connectivity index (χ0n) is 8.24. The monoisotopic (exact) mass is 181 g/mol. The van der Waals surface area contributed by atoms with E-state index in [0.717, 1.165) is 11.4 Å². The average molecular weight is 181 g/mol. The van der Waals surface area contributed by atoms with Crippen molar-refractivity contribution in [3.05, 3.63) is 17.8 Å². The fraction of sp³-hybridized carbons (Fsp3) is 0.444. The molecular formula is C9H15N3O. The van der Waals surface area contributed by atoms with Gasteiger partial charge in [-0.1, -0.05) is 0 Å². The Morgan fingerprint density at radius 2 is 2.31 bits per heavy atom. The van der Waals surface area contributed by atoms with Gasteiger partial charge in [0.1, 0.15) is 0 Å². The molecule has 4 heteroatoms. The van der Waals surface area contributed by atoms with Crippen LogP contribution in [0.4, 0.5) is 11.5 Å². The lowest BCUT2D eigenvalue weighted by Crippen LogP contribution is -2.19. The number of rotatable bonds is 3. The van der Waals surface area contributed by atoms with E-state index < -0.39 is 0 Å². The second-order valence-electron chi connectivity index (χ2n) is 2.82. The first kappa shape index (κ1) is 9.80. The summed E-state index contributed by atoms with van der Waals surface area (Å²) in [5.74, 6) is 0.802. The molecule has 1 rings (SSSR count). The van der Waals surface area contributed by atoms with Crippen LogP contribution in [0.15, 0.2) is 12.3 Å². The summed E-state index contributed by atoms with van der Waals surface area (Å²) in [5.41, 5.74) is 7.26. The fourth-order valence-electron chi connectivity index (χ4n) is 1.17. The maximum atomic E-state index is 5.58. The normalized spacial score (nSPS) is 10.1. The van der Waals surface area contributed by atoms with Crippen molar-refractivity contribution in [1.82, 2.24) is 4.98 Å². The van der Waals surface area contributed by atoms with Gasteiger partial charge < -0.3 is 5.73 Å². The molecule has 1 heterocycles. The van der Waals surface area contributed by atoms with Crippen LogP contribution in [-0.2, 0) is 4.84 Å². The number of nitrogens with zero attached hydrogens (tertiary/aromatic N) is 2. The Hall–Kier alpha value is -1.29. The highest BCUT2D eigenvalue weighted by molar-refractivity contribution is 5.50. The minimum Gasteiger partial charge on any atom is -0.397 e. The molecule has 0 aliphatic carbocycles. The van der Waals surface area contributed by atoms with E-state index in [1.165, 1.54) is 0 Å². The molecule has 0 radical (unpaired) electrons. The molecule has 4 nitrogen and oxygen atoms in total. The van der Waals surface area contributed by atoms with Crippen LogP contribution in [0, 0.1) is 6.92 Å². The maximum absolute atomic E-state index is 5.58. The van der Waals surface area contributed by atoms with Gasteiger partial charge in [-0.2, -0.15) is 0 Å². The van der Waals surface area contributed by atoms with Gasteiger partial charge in [-0.25, -0.2) is 10.0 Å². The van der Waals surface area contributed by atoms with Gasteiger partial charge in [0.15, 0.2) is 5.82 Å². The third-order valence-electron chi connectivity index (χ3n) is 1.69. The Labute approximate surface area is 78.3 Å². The standard InChI is InChI=1S/C9H15N3O/c1-4-13-12(3)9-7(2)5-8(10)6-11-9/h5-6H,4,10H2,1-3H3. The number of nitrogen functional groups attached to an aromatic ring is 1. The first-order valence-corrected chi connectivity index (χ1v) is 4.24. The summed E-state index contributed by atoms with van der Waals surface area (Å²) in [6, 6.07) is 1.87. The zero-order valence-corrected chi connectivity index (χ0v) is 8.24. The molecule has 0 amide bonds. The van der Waals surface area contributed by atoms with Crippen molar-refractivity contribution in [2.75, 3.05) is 24.5 Å². The van der Waals surface area contributed by atoms with E-state index in [9.17, 15) is 0 Å². The molecule has 13 heavy (non-hydrogen) atoms. The summed E-state index contributed by atoms with van der Waals surface area (Å²) >= 11 is 0. The number of hydrogen-bond donors (Lipinski definition) is 1. The third-order valence-corrected chi connectivity index (χ3v) is 1.69. The lowest BCUT2D eigenvalue weighted by atomic mass is 10.2. The lowest BCUT2D eigenvalue weighted by Gasteiger charge is -2.18. The van der Waals surface area contributed by atoms with Crippen molar-refractivity contribution < 1.29 is 4.84 Å². The second-order valence-corrected chi connectivity index (χ2v) is 2.82. The van der Waals surface area contributed by atoms with Gasteiger partial charge >= 0.3 is 0 Å². The van der Waals surface area contributed by atoms with Gasteiger partial charge in [-0.3, -0.25) is 4.84 Å². The van der Waals surface area contributed by atoms with Crippen LogP contribution in [0.5, 0.6) is 0 Å². The maximum Gasteiger partial charge on any atom is 0.155 e. The van der Waals surface area contributed by atoms with E-state index in [0.29, 0.717) is 12.3 Å². The summed E-state index contributed by atoms with van der Waals surface area (Å²) in [6.07, 6.45) is 1.62. The van der Waals surface area contributed by atoms with Gasteiger partial charge in [-0.15, -0.1) is 0 Å². The van der Waals surface area contributed by atoms with Crippen molar-refractivity contribution >= 4 is 11.5 Å². The number of hydroxylamine groups is 1. The van der Waals surface area contributed by atoms with Crippen molar-refractivity contribution in [2.24, 2.45) is 0 Å². The van der Waals surface area contributed by atoms with E-state index in [-0.39, 0.29) is 0 Å². The number of hydrogen-bond acceptors (Lipinski definition) is 4. The highest BCUT2D eigenvalue weighted by Crippen LogP contribution is 2.17. The van der Waals surface area contributed by atoms with E-state index >= 15 is 0 Å². The Kier molecular flexibility index (Phi) is 3.08. The topological polar surface area (TPSA) is 51.4 Å². The molecule has 0 aliphatic rings. The number of aryl methyl sites for hydroxylation is 1. The fourth-order valence-corrected chi connectivity index (χ4v) is 1.17. The van der Waals surface area contributed by atoms with Crippen LogP contribution in [0.2, 0.25) is 0 Å². The smallest absolute Gasteiger partial charge is 0.155 e. The molecule has 0 saturated heterocycles. The van der Waals surface area contributed by atoms with Gasteiger partial charge in [0.2, 0.25) is 0 Å². The van der Waals surface area contributed by atoms with Crippen LogP contribution < -0.4 is 10.8 Å². The average Bonchev–Trinajstić information content (AvgIpc) is 2.04. The molecule has 0 atom stereocenters. The number of anilines is 2. The van der Waals surface area contributed by atoms with Crippen LogP contribution in [0.25, 0.3) is 0 Å². The molecule has 1 aromatic rings. The van der Waals surface area contributed by atoms with E-state index in [1.54, 1.807) is 11.3 Å². The third kappa shape index (κ3) is 2.32. The van der Waals surface area contributed by atoms with Crippen molar-refractivity contribution in [3.63, 3.8) is 0 Å². The van der Waals surface area contributed by atoms with Gasteiger partial charge in [-0.05, 0) is 25.5 Å². The summed E-state index contributed by atoms with van der Waals surface area (Å²) in [4.78, 5) is 9.45. The lowest BCUT2D eigenvalue weighted by molar-refractivity contribution is 0.132. The number of nitrogens with two attached hydrogens (primary N) is 1. The first-order chi connectivity index (χ1) is 6.15. The molecule has 0 unspecified atom stereocenters. The second kappa shape index (κ2) is 4.09. The highest BCUT2D eigenvalue weighted by atomic mass is 16.7. The van der Waals surface area contributed by atoms with E-state index in [2.05, 4.69) is 4.98 Å². The molecule has 0 aliphatic heterocycles. The molecule has 1 aromatic heterocycles. The van der Waals surface area contributed by atoms with Crippen LogP contribution in [-0.4, -0.2) is 18.6 Å². The minimum absolute atomic E-state index is 0.627. The highest BCUT2D eigenvalue weighted by Gasteiger charge is 2.05. The molecule has 0 bridgehead atoms. The molecule has 0 spiro atoms. The molecule has 72 valence electrons. The minimum atomic E-state index is 0.627. The quantitative estimate of drug-likeness (QED) is 0.715. The first-order valence-electron chi connectivity index (χ1n) is 4.24.